The van der Waals surface area contributed by atoms with Crippen molar-refractivity contribution in [2.75, 3.05) is 19.7 Å². The van der Waals surface area contributed by atoms with Gasteiger partial charge in [0.15, 0.2) is 0 Å². The van der Waals surface area contributed by atoms with Crippen LogP contribution >= 0.6 is 0 Å². The zero-order valence-electron chi connectivity index (χ0n) is 10.4. The molecule has 1 aliphatic carbocycles. The van der Waals surface area contributed by atoms with Crippen LogP contribution in [-0.2, 0) is 9.53 Å². The molecule has 2 unspecified atom stereocenters. The Labute approximate surface area is 103 Å². The Bertz CT molecular complexity index is 279. The normalized spacial score (nSPS) is 32.9. The van der Waals surface area contributed by atoms with Crippen molar-refractivity contribution in [3.63, 3.8) is 0 Å². The predicted molar refractivity (Wildman–Crippen MR) is 64.7 cm³/mol. The van der Waals surface area contributed by atoms with Gasteiger partial charge in [0, 0.05) is 25.2 Å². The van der Waals surface area contributed by atoms with Gasteiger partial charge in [-0.05, 0) is 45.1 Å². The molecule has 1 saturated carbocycles. The second-order valence-corrected chi connectivity index (χ2v) is 5.52. The van der Waals surface area contributed by atoms with Crippen molar-refractivity contribution in [3.8, 4) is 0 Å². The van der Waals surface area contributed by atoms with E-state index in [1.165, 1.54) is 25.7 Å². The van der Waals surface area contributed by atoms with Crippen LogP contribution in [0.2, 0.25) is 0 Å². The lowest BCUT2D eigenvalue weighted by molar-refractivity contribution is -0.141. The summed E-state index contributed by atoms with van der Waals surface area (Å²) >= 11 is 0. The predicted octanol–water partition coefficient (Wildman–Crippen LogP) is 0.908. The Balaban J connectivity index is 1.60. The Kier molecular flexibility index (Phi) is 3.34. The third-order valence-electron chi connectivity index (χ3n) is 4.06. The van der Waals surface area contributed by atoms with Crippen LogP contribution in [0.3, 0.4) is 0 Å². The van der Waals surface area contributed by atoms with Crippen LogP contribution in [0, 0.1) is 0 Å². The molecule has 1 amide bonds. The van der Waals surface area contributed by atoms with Crippen LogP contribution in [0.4, 0.5) is 0 Å². The van der Waals surface area contributed by atoms with Gasteiger partial charge in [-0.15, -0.1) is 0 Å². The number of carbonyl (C=O) groups excluding carboxylic acids is 1. The summed E-state index contributed by atoms with van der Waals surface area (Å²) in [5.74, 6) is 0.249. The largest absolute Gasteiger partial charge is 0.368 e. The lowest BCUT2D eigenvalue weighted by atomic mass is 10.1. The molecule has 2 saturated heterocycles. The van der Waals surface area contributed by atoms with E-state index in [1.54, 1.807) is 0 Å². The molecule has 3 aliphatic rings. The van der Waals surface area contributed by atoms with Gasteiger partial charge in [0.2, 0.25) is 0 Å². The van der Waals surface area contributed by atoms with Gasteiger partial charge in [-0.3, -0.25) is 4.79 Å². The molecule has 4 nitrogen and oxygen atoms in total. The smallest absolute Gasteiger partial charge is 0.252 e. The van der Waals surface area contributed by atoms with Crippen molar-refractivity contribution in [2.45, 2.75) is 56.7 Å². The van der Waals surface area contributed by atoms with E-state index in [0.29, 0.717) is 12.1 Å². The van der Waals surface area contributed by atoms with Crippen molar-refractivity contribution in [2.24, 2.45) is 0 Å². The van der Waals surface area contributed by atoms with E-state index in [2.05, 4.69) is 10.2 Å². The molecule has 2 heterocycles. The number of carbonyl (C=O) groups is 1. The van der Waals surface area contributed by atoms with E-state index in [4.69, 9.17) is 4.74 Å². The fraction of sp³-hybridized carbons (Fsp3) is 0.923. The monoisotopic (exact) mass is 238 g/mol. The van der Waals surface area contributed by atoms with Crippen LogP contribution in [0.25, 0.3) is 0 Å². The number of nitrogens with zero attached hydrogens (tertiary/aromatic N) is 1. The average Bonchev–Trinajstić information content (AvgIpc) is 2.86. The Morgan fingerprint density at radius 3 is 2.71 bits per heavy atom. The van der Waals surface area contributed by atoms with Crippen LogP contribution in [0.15, 0.2) is 0 Å². The molecule has 1 N–H and O–H groups in total. The Morgan fingerprint density at radius 1 is 1.24 bits per heavy atom. The summed E-state index contributed by atoms with van der Waals surface area (Å²) in [5.41, 5.74) is 0. The fourth-order valence-electron chi connectivity index (χ4n) is 2.91. The van der Waals surface area contributed by atoms with E-state index in [-0.39, 0.29) is 12.0 Å². The lowest BCUT2D eigenvalue weighted by Gasteiger charge is -2.28. The second-order valence-electron chi connectivity index (χ2n) is 5.52. The molecule has 2 aliphatic heterocycles. The van der Waals surface area contributed by atoms with Crippen molar-refractivity contribution in [1.82, 2.24) is 10.2 Å². The lowest BCUT2D eigenvalue weighted by Crippen LogP contribution is -2.46. The highest BCUT2D eigenvalue weighted by molar-refractivity contribution is 5.81. The molecule has 4 heteroatoms. The summed E-state index contributed by atoms with van der Waals surface area (Å²) < 4.78 is 5.53. The molecule has 0 aromatic heterocycles. The molecule has 0 aromatic carbocycles. The maximum Gasteiger partial charge on any atom is 0.252 e. The summed E-state index contributed by atoms with van der Waals surface area (Å²) in [5, 5.41) is 3.48. The quantitative estimate of drug-likeness (QED) is 0.791. The van der Waals surface area contributed by atoms with Crippen LogP contribution in [0.5, 0.6) is 0 Å². The molecule has 17 heavy (non-hydrogen) atoms. The van der Waals surface area contributed by atoms with Gasteiger partial charge < -0.3 is 15.0 Å². The topological polar surface area (TPSA) is 41.6 Å². The first-order chi connectivity index (χ1) is 8.34. The number of amides is 1. The van der Waals surface area contributed by atoms with Gasteiger partial charge in [0.1, 0.15) is 6.10 Å². The third-order valence-corrected chi connectivity index (χ3v) is 4.06. The highest BCUT2D eigenvalue weighted by Crippen LogP contribution is 2.29. The molecule has 2 atom stereocenters. The van der Waals surface area contributed by atoms with Crippen molar-refractivity contribution >= 4 is 5.91 Å². The molecule has 0 bridgehead atoms. The van der Waals surface area contributed by atoms with E-state index in [9.17, 15) is 4.79 Å². The second kappa shape index (κ2) is 4.94. The van der Waals surface area contributed by atoms with Gasteiger partial charge >= 0.3 is 0 Å². The Morgan fingerprint density at radius 2 is 2.12 bits per heavy atom. The zero-order chi connectivity index (χ0) is 11.7. The zero-order valence-corrected chi connectivity index (χ0v) is 10.4. The van der Waals surface area contributed by atoms with Crippen molar-refractivity contribution in [1.29, 1.82) is 0 Å². The maximum absolute atomic E-state index is 12.4. The molecule has 0 aromatic rings. The highest BCUT2D eigenvalue weighted by atomic mass is 16.5. The average molecular weight is 238 g/mol. The minimum atomic E-state index is -0.142. The number of hydrogen-bond acceptors (Lipinski definition) is 3. The molecular weight excluding hydrogens is 216 g/mol. The van der Waals surface area contributed by atoms with Crippen LogP contribution in [0.1, 0.15) is 38.5 Å². The minimum Gasteiger partial charge on any atom is -0.368 e. The van der Waals surface area contributed by atoms with Gasteiger partial charge in [0.25, 0.3) is 5.91 Å². The van der Waals surface area contributed by atoms with Crippen LogP contribution < -0.4 is 5.32 Å². The summed E-state index contributed by atoms with van der Waals surface area (Å²) in [7, 11) is 0. The number of rotatable bonds is 4. The van der Waals surface area contributed by atoms with E-state index in [0.717, 1.165) is 32.5 Å². The fourth-order valence-corrected chi connectivity index (χ4v) is 2.91. The summed E-state index contributed by atoms with van der Waals surface area (Å²) in [6.45, 7) is 2.76. The Hall–Kier alpha value is -0.610. The molecule has 96 valence electrons. The summed E-state index contributed by atoms with van der Waals surface area (Å²) in [4.78, 5) is 14.5. The maximum atomic E-state index is 12.4. The molecule has 3 fully saturated rings. The first kappa shape index (κ1) is 11.5. The van der Waals surface area contributed by atoms with E-state index >= 15 is 0 Å². The van der Waals surface area contributed by atoms with Gasteiger partial charge in [0.05, 0.1) is 0 Å². The van der Waals surface area contributed by atoms with E-state index < -0.39 is 0 Å². The first-order valence-electron chi connectivity index (χ1n) is 7.00. The molecule has 0 spiro atoms. The summed E-state index contributed by atoms with van der Waals surface area (Å²) in [6.07, 6.45) is 6.64. The highest BCUT2D eigenvalue weighted by Gasteiger charge is 2.38. The molecular formula is C13H22N2O2. The minimum absolute atomic E-state index is 0.142. The van der Waals surface area contributed by atoms with Crippen molar-refractivity contribution < 1.29 is 9.53 Å². The third kappa shape index (κ3) is 2.63. The first-order valence-corrected chi connectivity index (χ1v) is 7.00. The van der Waals surface area contributed by atoms with Gasteiger partial charge in [-0.2, -0.15) is 0 Å². The summed E-state index contributed by atoms with van der Waals surface area (Å²) in [6, 6.07) is 1.02. The van der Waals surface area contributed by atoms with Crippen LogP contribution in [-0.4, -0.2) is 48.7 Å². The number of hydrogen-bond donors (Lipinski definition) is 1. The standard InChI is InChI=1S/C13H22N2O2/c16-13(12-4-2-8-17-12)15(11-5-6-11)9-10-3-1-7-14-10/h10-12,14H,1-9H2. The molecule has 3 rings (SSSR count). The van der Waals surface area contributed by atoms with Crippen molar-refractivity contribution in [3.05, 3.63) is 0 Å². The van der Waals surface area contributed by atoms with E-state index in [1.807, 2.05) is 0 Å². The van der Waals surface area contributed by atoms with Gasteiger partial charge in [-0.1, -0.05) is 0 Å². The SMILES string of the molecule is O=C(C1CCCO1)N(CC1CCCN1)C1CC1. The number of nitrogens with one attached hydrogen (secondary N) is 1. The number of ether oxygens (including phenoxy) is 1. The van der Waals surface area contributed by atoms with Gasteiger partial charge in [-0.25, -0.2) is 0 Å². The molecule has 0 radical (unpaired) electrons.